The number of carbonyl (C=O) groups is 1. The van der Waals surface area contributed by atoms with Crippen molar-refractivity contribution in [2.45, 2.75) is 45.1 Å². The second-order valence-corrected chi connectivity index (χ2v) is 8.30. The van der Waals surface area contributed by atoms with Crippen LogP contribution in [0.5, 0.6) is 0 Å². The molecule has 2 aromatic heterocycles. The molecule has 0 amide bonds. The Morgan fingerprint density at radius 1 is 1.20 bits per heavy atom. The normalized spacial score (nSPS) is 32.9. The fraction of sp³-hybridized carbons (Fsp3) is 0.579. The van der Waals surface area contributed by atoms with Crippen LogP contribution in [-0.4, -0.2) is 25.5 Å². The molecule has 0 aromatic carbocycles. The van der Waals surface area contributed by atoms with Crippen molar-refractivity contribution in [3.63, 3.8) is 0 Å². The minimum Gasteiger partial charge on any atom is -0.297 e. The number of hydrogen-bond donors (Lipinski definition) is 1. The highest BCUT2D eigenvalue weighted by molar-refractivity contribution is 5.85. The van der Waals surface area contributed by atoms with E-state index in [2.05, 4.69) is 15.2 Å². The second-order valence-electron chi connectivity index (χ2n) is 8.30. The van der Waals surface area contributed by atoms with Gasteiger partial charge in [-0.3, -0.25) is 14.3 Å². The highest BCUT2D eigenvalue weighted by atomic mass is 16.2. The highest BCUT2D eigenvalue weighted by Gasteiger charge is 2.54. The third-order valence-electron chi connectivity index (χ3n) is 6.61. The lowest BCUT2D eigenvalue weighted by Gasteiger charge is -2.56. The number of aromatic nitrogens is 4. The summed E-state index contributed by atoms with van der Waals surface area (Å²) in [6.45, 7) is 0.117. The summed E-state index contributed by atoms with van der Waals surface area (Å²) < 4.78 is 1.48. The van der Waals surface area contributed by atoms with Crippen LogP contribution in [0.4, 0.5) is 0 Å². The van der Waals surface area contributed by atoms with E-state index < -0.39 is 0 Å². The Morgan fingerprint density at radius 2 is 1.88 bits per heavy atom. The SMILES string of the molecule is O=C(Cn1c(-c2cccnc2)n[nH]c1=O)C12CC3CC(CC(C3)C1)C2. The third kappa shape index (κ3) is 2.38. The highest BCUT2D eigenvalue weighted by Crippen LogP contribution is 2.60. The molecule has 0 aliphatic heterocycles. The van der Waals surface area contributed by atoms with E-state index >= 15 is 0 Å². The summed E-state index contributed by atoms with van der Waals surface area (Å²) in [5, 5.41) is 6.61. The van der Waals surface area contributed by atoms with Gasteiger partial charge in [0.15, 0.2) is 11.6 Å². The first kappa shape index (κ1) is 15.0. The first-order valence-electron chi connectivity index (χ1n) is 9.22. The van der Waals surface area contributed by atoms with Crippen molar-refractivity contribution >= 4 is 5.78 Å². The molecule has 4 saturated carbocycles. The van der Waals surface area contributed by atoms with Crippen LogP contribution in [0.3, 0.4) is 0 Å². The van der Waals surface area contributed by atoms with Gasteiger partial charge in [0.05, 0.1) is 6.54 Å². The van der Waals surface area contributed by atoms with Gasteiger partial charge >= 0.3 is 5.69 Å². The predicted molar refractivity (Wildman–Crippen MR) is 91.7 cm³/mol. The Morgan fingerprint density at radius 3 is 2.48 bits per heavy atom. The number of H-pyrrole nitrogens is 1. The van der Waals surface area contributed by atoms with Crippen LogP contribution in [0.1, 0.15) is 38.5 Å². The van der Waals surface area contributed by atoms with Gasteiger partial charge in [-0.25, -0.2) is 9.89 Å². The second kappa shape index (κ2) is 5.38. The van der Waals surface area contributed by atoms with E-state index in [1.165, 1.54) is 23.8 Å². The number of carbonyl (C=O) groups excluding carboxylic acids is 1. The molecule has 0 saturated heterocycles. The van der Waals surface area contributed by atoms with Crippen LogP contribution in [0.25, 0.3) is 11.4 Å². The summed E-state index contributed by atoms with van der Waals surface area (Å²) in [5.41, 5.74) is 0.230. The molecule has 2 aromatic rings. The quantitative estimate of drug-likeness (QED) is 0.928. The fourth-order valence-corrected chi connectivity index (χ4v) is 5.94. The third-order valence-corrected chi connectivity index (χ3v) is 6.61. The van der Waals surface area contributed by atoms with Crippen LogP contribution in [0.2, 0.25) is 0 Å². The number of pyridine rings is 1. The number of nitrogens with one attached hydrogen (secondary N) is 1. The number of ketones is 1. The summed E-state index contributed by atoms with van der Waals surface area (Å²) >= 11 is 0. The van der Waals surface area contributed by atoms with Crippen LogP contribution in [-0.2, 0) is 11.3 Å². The Bertz CT molecular complexity index is 832. The monoisotopic (exact) mass is 338 g/mol. The Labute approximate surface area is 145 Å². The van der Waals surface area contributed by atoms with Gasteiger partial charge in [-0.1, -0.05) is 0 Å². The summed E-state index contributed by atoms with van der Waals surface area (Å²) in [7, 11) is 0. The average Bonchev–Trinajstić information content (AvgIpc) is 2.95. The topological polar surface area (TPSA) is 80.6 Å². The van der Waals surface area contributed by atoms with Crippen molar-refractivity contribution in [3.8, 4) is 11.4 Å². The van der Waals surface area contributed by atoms with E-state index in [1.807, 2.05) is 6.07 Å². The van der Waals surface area contributed by atoms with Gasteiger partial charge in [-0.2, -0.15) is 5.10 Å². The van der Waals surface area contributed by atoms with Gasteiger partial charge in [-0.05, 0) is 68.4 Å². The van der Waals surface area contributed by atoms with Gasteiger partial charge in [0, 0.05) is 23.4 Å². The van der Waals surface area contributed by atoms with Crippen LogP contribution in [0.15, 0.2) is 29.3 Å². The zero-order valence-electron chi connectivity index (χ0n) is 14.1. The molecule has 6 nitrogen and oxygen atoms in total. The minimum atomic E-state index is -0.322. The largest absolute Gasteiger partial charge is 0.343 e. The van der Waals surface area contributed by atoms with Crippen molar-refractivity contribution in [2.24, 2.45) is 23.2 Å². The van der Waals surface area contributed by atoms with Gasteiger partial charge < -0.3 is 0 Å². The van der Waals surface area contributed by atoms with Crippen molar-refractivity contribution in [1.29, 1.82) is 0 Å². The summed E-state index contributed by atoms with van der Waals surface area (Å²) in [6, 6.07) is 3.66. The Kier molecular flexibility index (Phi) is 3.24. The first-order valence-corrected chi connectivity index (χ1v) is 9.22. The van der Waals surface area contributed by atoms with E-state index in [-0.39, 0.29) is 23.4 Å². The molecule has 6 heteroatoms. The van der Waals surface area contributed by atoms with E-state index in [1.54, 1.807) is 18.5 Å². The molecule has 130 valence electrons. The molecule has 4 aliphatic rings. The minimum absolute atomic E-state index is 0.117. The lowest BCUT2D eigenvalue weighted by Crippen LogP contribution is -2.51. The number of rotatable bonds is 4. The summed E-state index contributed by atoms with van der Waals surface area (Å²) in [6.07, 6.45) is 10.3. The van der Waals surface area contributed by atoms with Gasteiger partial charge in [-0.15, -0.1) is 0 Å². The molecule has 0 spiro atoms. The number of nitrogens with zero attached hydrogens (tertiary/aromatic N) is 3. The lowest BCUT2D eigenvalue weighted by molar-refractivity contribution is -0.144. The molecule has 25 heavy (non-hydrogen) atoms. The van der Waals surface area contributed by atoms with Crippen LogP contribution >= 0.6 is 0 Å². The van der Waals surface area contributed by atoms with Crippen LogP contribution in [0, 0.1) is 23.2 Å². The number of hydrogen-bond acceptors (Lipinski definition) is 4. The number of Topliss-reactive ketones (excluding diaryl/α,β-unsaturated/α-hetero) is 1. The molecule has 1 N–H and O–H groups in total. The molecule has 4 fully saturated rings. The molecule has 2 heterocycles. The molecule has 4 bridgehead atoms. The molecule has 0 atom stereocenters. The standard InChI is InChI=1S/C19H22N4O2/c24-16(19-7-12-4-13(8-19)6-14(5-12)9-19)11-23-17(21-22-18(23)25)15-2-1-3-20-10-15/h1-3,10,12-14H,4-9,11H2,(H,22,25). The average molecular weight is 338 g/mol. The Balaban J connectivity index is 1.46. The van der Waals surface area contributed by atoms with Crippen molar-refractivity contribution < 1.29 is 4.79 Å². The molecule has 6 rings (SSSR count). The number of aromatic amines is 1. The van der Waals surface area contributed by atoms with Crippen molar-refractivity contribution in [2.75, 3.05) is 0 Å². The smallest absolute Gasteiger partial charge is 0.297 e. The van der Waals surface area contributed by atoms with E-state index in [4.69, 9.17) is 0 Å². The maximum Gasteiger partial charge on any atom is 0.343 e. The zero-order chi connectivity index (χ0) is 17.0. The van der Waals surface area contributed by atoms with Gasteiger partial charge in [0.1, 0.15) is 0 Å². The molecular formula is C19H22N4O2. The van der Waals surface area contributed by atoms with E-state index in [0.29, 0.717) is 23.6 Å². The fourth-order valence-electron chi connectivity index (χ4n) is 5.94. The molecule has 0 unspecified atom stereocenters. The van der Waals surface area contributed by atoms with E-state index in [0.717, 1.165) is 24.8 Å². The Hall–Kier alpha value is -2.24. The maximum absolute atomic E-state index is 13.3. The summed E-state index contributed by atoms with van der Waals surface area (Å²) in [5.74, 6) is 2.87. The summed E-state index contributed by atoms with van der Waals surface area (Å²) in [4.78, 5) is 29.6. The zero-order valence-corrected chi connectivity index (χ0v) is 14.1. The maximum atomic E-state index is 13.3. The van der Waals surface area contributed by atoms with E-state index in [9.17, 15) is 9.59 Å². The van der Waals surface area contributed by atoms with Crippen molar-refractivity contribution in [1.82, 2.24) is 19.7 Å². The van der Waals surface area contributed by atoms with Gasteiger partial charge in [0.25, 0.3) is 0 Å². The predicted octanol–water partition coefficient (Wildman–Crippen LogP) is 2.42. The first-order chi connectivity index (χ1) is 12.1. The molecular weight excluding hydrogens is 316 g/mol. The molecule has 0 radical (unpaired) electrons. The van der Waals surface area contributed by atoms with Gasteiger partial charge in [0.2, 0.25) is 0 Å². The molecule has 4 aliphatic carbocycles. The van der Waals surface area contributed by atoms with Crippen molar-refractivity contribution in [3.05, 3.63) is 35.0 Å². The lowest BCUT2D eigenvalue weighted by atomic mass is 9.48. The van der Waals surface area contributed by atoms with Crippen LogP contribution < -0.4 is 5.69 Å².